The lowest BCUT2D eigenvalue weighted by molar-refractivity contribution is 0.0894. The molecule has 6 nitrogen and oxygen atoms in total. The summed E-state index contributed by atoms with van der Waals surface area (Å²) in [6, 6.07) is 18.6. The van der Waals surface area contributed by atoms with Crippen LogP contribution in [0.25, 0.3) is 28.0 Å². The van der Waals surface area contributed by atoms with Gasteiger partial charge in [-0.05, 0) is 42.7 Å². The summed E-state index contributed by atoms with van der Waals surface area (Å²) in [5.74, 6) is -0.942. The van der Waals surface area contributed by atoms with Gasteiger partial charge in [0.05, 0.1) is 29.2 Å². The summed E-state index contributed by atoms with van der Waals surface area (Å²) in [6.07, 6.45) is 11.0. The quantitative estimate of drug-likeness (QED) is 0.348. The molecule has 0 bridgehead atoms. The van der Waals surface area contributed by atoms with Crippen LogP contribution < -0.4 is 5.32 Å². The summed E-state index contributed by atoms with van der Waals surface area (Å²) in [5, 5.41) is 9.99. The summed E-state index contributed by atoms with van der Waals surface area (Å²) in [5.41, 5.74) is 4.72. The number of halogens is 1. The molecule has 1 aliphatic rings. The number of nitrogens with zero attached hydrogens (tertiary/aromatic N) is 3. The van der Waals surface area contributed by atoms with Crippen molar-refractivity contribution in [2.24, 2.45) is 0 Å². The minimum Gasteiger partial charge on any atom is -0.342 e. The van der Waals surface area contributed by atoms with E-state index in [4.69, 9.17) is 0 Å². The first-order valence-electron chi connectivity index (χ1n) is 11.8. The maximum atomic E-state index is 15.3. The zero-order chi connectivity index (χ0) is 23.8. The number of rotatable bonds is 5. The van der Waals surface area contributed by atoms with Crippen LogP contribution >= 0.6 is 0 Å². The highest BCUT2D eigenvalue weighted by Gasteiger charge is 2.37. The van der Waals surface area contributed by atoms with Crippen molar-refractivity contribution in [3.8, 4) is 22.4 Å². The third-order valence-corrected chi connectivity index (χ3v) is 6.98. The van der Waals surface area contributed by atoms with Crippen molar-refractivity contribution in [3.05, 3.63) is 102 Å². The van der Waals surface area contributed by atoms with Crippen molar-refractivity contribution in [3.63, 3.8) is 0 Å². The molecular formula is C28H24FN5O. The Hall–Kier alpha value is -4.26. The number of hydrogen-bond acceptors (Lipinski definition) is 3. The number of H-pyrrole nitrogens is 1. The van der Waals surface area contributed by atoms with Crippen molar-refractivity contribution in [1.82, 2.24) is 24.9 Å². The van der Waals surface area contributed by atoms with E-state index in [9.17, 15) is 4.79 Å². The number of imidazole rings is 1. The molecule has 0 aliphatic heterocycles. The van der Waals surface area contributed by atoms with E-state index in [0.29, 0.717) is 5.56 Å². The number of hydrogen-bond donors (Lipinski definition) is 2. The zero-order valence-corrected chi connectivity index (χ0v) is 19.0. The number of aromatic amines is 1. The largest absolute Gasteiger partial charge is 0.342 e. The Morgan fingerprint density at radius 3 is 2.51 bits per heavy atom. The van der Waals surface area contributed by atoms with Crippen LogP contribution in [0, 0.1) is 5.82 Å². The Balaban J connectivity index is 1.31. The normalized spacial score (nSPS) is 14.9. The lowest BCUT2D eigenvalue weighted by atomic mass is 9.87. The molecule has 6 rings (SSSR count). The van der Waals surface area contributed by atoms with Gasteiger partial charge in [-0.3, -0.25) is 14.3 Å². The minimum absolute atomic E-state index is 0.0452. The predicted octanol–water partition coefficient (Wildman–Crippen LogP) is 5.73. The zero-order valence-electron chi connectivity index (χ0n) is 19.0. The average Bonchev–Trinajstić information content (AvgIpc) is 3.65. The number of benzene rings is 2. The van der Waals surface area contributed by atoms with E-state index in [-0.39, 0.29) is 11.5 Å². The topological polar surface area (TPSA) is 75.1 Å². The first-order valence-corrected chi connectivity index (χ1v) is 11.8. The minimum atomic E-state index is -0.554. The van der Waals surface area contributed by atoms with Crippen molar-refractivity contribution >= 4 is 11.6 Å². The van der Waals surface area contributed by atoms with Crippen LogP contribution in [-0.4, -0.2) is 25.5 Å². The van der Waals surface area contributed by atoms with Gasteiger partial charge in [0.2, 0.25) is 0 Å². The number of carbonyl (C=O) groups excluding carboxylic acids is 1. The fraction of sp³-hybridized carbons (Fsp3) is 0.179. The maximum absolute atomic E-state index is 15.3. The first-order chi connectivity index (χ1) is 17.1. The van der Waals surface area contributed by atoms with Gasteiger partial charge < -0.3 is 5.32 Å². The van der Waals surface area contributed by atoms with Crippen LogP contribution in [0.3, 0.4) is 0 Å². The van der Waals surface area contributed by atoms with E-state index in [1.165, 1.54) is 6.07 Å². The van der Waals surface area contributed by atoms with Gasteiger partial charge in [-0.2, -0.15) is 5.10 Å². The van der Waals surface area contributed by atoms with Crippen LogP contribution in [0.5, 0.6) is 0 Å². The Morgan fingerprint density at radius 2 is 1.77 bits per heavy atom. The second-order valence-corrected chi connectivity index (χ2v) is 9.08. The van der Waals surface area contributed by atoms with E-state index in [2.05, 4.69) is 20.5 Å². The summed E-state index contributed by atoms with van der Waals surface area (Å²) in [6.45, 7) is 0. The van der Waals surface area contributed by atoms with Gasteiger partial charge in [0.25, 0.3) is 5.91 Å². The van der Waals surface area contributed by atoms with Gasteiger partial charge in [0, 0.05) is 29.1 Å². The molecule has 0 saturated heterocycles. The Bertz CT molecular complexity index is 1500. The summed E-state index contributed by atoms with van der Waals surface area (Å²) in [7, 11) is 0. The van der Waals surface area contributed by atoms with Crippen LogP contribution in [-0.2, 0) is 5.54 Å². The summed E-state index contributed by atoms with van der Waals surface area (Å²) >= 11 is 0. The summed E-state index contributed by atoms with van der Waals surface area (Å²) in [4.78, 5) is 17.7. The molecule has 1 aliphatic carbocycles. The molecule has 3 aromatic heterocycles. The SMILES string of the molecule is O=C(NC1(c2ccccc2)CCCC1)c1ccc(-c2cnc3ccc(-c4cn[nH]c4)cn23)cc1F. The molecule has 2 aromatic carbocycles. The fourth-order valence-corrected chi connectivity index (χ4v) is 5.14. The molecule has 3 heterocycles. The number of amides is 1. The highest BCUT2D eigenvalue weighted by atomic mass is 19.1. The number of pyridine rings is 1. The molecular weight excluding hydrogens is 441 g/mol. The van der Waals surface area contributed by atoms with Gasteiger partial charge in [-0.15, -0.1) is 0 Å². The van der Waals surface area contributed by atoms with E-state index in [1.54, 1.807) is 24.5 Å². The Morgan fingerprint density at radius 1 is 0.971 bits per heavy atom. The van der Waals surface area contributed by atoms with E-state index in [1.807, 2.05) is 59.3 Å². The molecule has 174 valence electrons. The Labute approximate surface area is 201 Å². The van der Waals surface area contributed by atoms with E-state index < -0.39 is 11.4 Å². The molecule has 1 saturated carbocycles. The summed E-state index contributed by atoms with van der Waals surface area (Å²) < 4.78 is 17.2. The predicted molar refractivity (Wildman–Crippen MR) is 132 cm³/mol. The van der Waals surface area contributed by atoms with Gasteiger partial charge in [-0.1, -0.05) is 49.2 Å². The molecule has 0 atom stereocenters. The molecule has 0 spiro atoms. The molecule has 2 N–H and O–H groups in total. The number of aromatic nitrogens is 4. The van der Waals surface area contributed by atoms with Crippen LogP contribution in [0.15, 0.2) is 85.5 Å². The lowest BCUT2D eigenvalue weighted by Crippen LogP contribution is -2.44. The number of fused-ring (bicyclic) bond motifs is 1. The van der Waals surface area contributed by atoms with Crippen molar-refractivity contribution in [2.45, 2.75) is 31.2 Å². The molecule has 1 amide bonds. The lowest BCUT2D eigenvalue weighted by Gasteiger charge is -2.31. The van der Waals surface area contributed by atoms with Crippen molar-refractivity contribution in [1.29, 1.82) is 0 Å². The molecule has 7 heteroatoms. The average molecular weight is 466 g/mol. The van der Waals surface area contributed by atoms with E-state index >= 15 is 4.39 Å². The van der Waals surface area contributed by atoms with E-state index in [0.717, 1.165) is 53.7 Å². The molecule has 0 unspecified atom stereocenters. The van der Waals surface area contributed by atoms with Crippen molar-refractivity contribution in [2.75, 3.05) is 0 Å². The third-order valence-electron chi connectivity index (χ3n) is 6.98. The fourth-order valence-electron chi connectivity index (χ4n) is 5.14. The smallest absolute Gasteiger partial charge is 0.254 e. The highest BCUT2D eigenvalue weighted by Crippen LogP contribution is 2.39. The van der Waals surface area contributed by atoms with Crippen molar-refractivity contribution < 1.29 is 9.18 Å². The van der Waals surface area contributed by atoms with Crippen LogP contribution in [0.2, 0.25) is 0 Å². The molecule has 35 heavy (non-hydrogen) atoms. The second-order valence-electron chi connectivity index (χ2n) is 9.08. The van der Waals surface area contributed by atoms with Gasteiger partial charge in [0.15, 0.2) is 0 Å². The van der Waals surface area contributed by atoms with Gasteiger partial charge >= 0.3 is 0 Å². The standard InChI is InChI=1S/C28H24FN5O/c29-24-14-19(25-17-30-26-11-9-20(18-34(25)26)21-15-31-32-16-21)8-10-23(24)27(35)33-28(12-4-5-13-28)22-6-2-1-3-7-22/h1-3,6-11,14-18H,4-5,12-13H2,(H,31,32)(H,33,35). The molecule has 1 fully saturated rings. The van der Waals surface area contributed by atoms with Gasteiger partial charge in [-0.25, -0.2) is 9.37 Å². The molecule has 5 aromatic rings. The number of nitrogens with one attached hydrogen (secondary N) is 2. The van der Waals surface area contributed by atoms with Gasteiger partial charge in [0.1, 0.15) is 11.5 Å². The monoisotopic (exact) mass is 465 g/mol. The Kier molecular flexibility index (Phi) is 5.17. The first kappa shape index (κ1) is 21.3. The molecule has 0 radical (unpaired) electrons. The second kappa shape index (κ2) is 8.51. The van der Waals surface area contributed by atoms with Crippen LogP contribution in [0.1, 0.15) is 41.6 Å². The highest BCUT2D eigenvalue weighted by molar-refractivity contribution is 5.95. The number of carbonyl (C=O) groups is 1. The third kappa shape index (κ3) is 3.79. The van der Waals surface area contributed by atoms with Crippen LogP contribution in [0.4, 0.5) is 4.39 Å². The maximum Gasteiger partial charge on any atom is 0.254 e.